The molecule has 1 aromatic carbocycles. The highest BCUT2D eigenvalue weighted by Crippen LogP contribution is 2.26. The number of carbonyl (C=O) groups is 1. The first-order valence-electron chi connectivity index (χ1n) is 6.62. The van der Waals surface area contributed by atoms with Crippen molar-refractivity contribution in [3.63, 3.8) is 0 Å². The number of primary amides is 1. The highest BCUT2D eigenvalue weighted by molar-refractivity contribution is 5.85. The Balaban J connectivity index is 1.80. The molecule has 0 spiro atoms. The molecule has 1 aromatic heterocycles. The maximum Gasteiger partial charge on any atom is 0.220 e. The van der Waals surface area contributed by atoms with Gasteiger partial charge in [0.2, 0.25) is 5.91 Å². The summed E-state index contributed by atoms with van der Waals surface area (Å²) in [6, 6.07) is 8.42. The first-order chi connectivity index (χ1) is 9.24. The molecule has 4 nitrogen and oxygen atoms in total. The van der Waals surface area contributed by atoms with Crippen LogP contribution in [0, 0.1) is 5.92 Å². The Morgan fingerprint density at radius 3 is 2.74 bits per heavy atom. The number of rotatable bonds is 2. The van der Waals surface area contributed by atoms with Crippen LogP contribution in [0.2, 0.25) is 0 Å². The second kappa shape index (κ2) is 4.88. The molecule has 1 saturated heterocycles. The summed E-state index contributed by atoms with van der Waals surface area (Å²) >= 11 is 0. The molecule has 0 atom stereocenters. The van der Waals surface area contributed by atoms with Crippen molar-refractivity contribution in [1.29, 1.82) is 0 Å². The highest BCUT2D eigenvalue weighted by atomic mass is 16.1. The van der Waals surface area contributed by atoms with E-state index in [-0.39, 0.29) is 11.8 Å². The van der Waals surface area contributed by atoms with Gasteiger partial charge >= 0.3 is 0 Å². The van der Waals surface area contributed by atoms with E-state index >= 15 is 0 Å². The number of aromatic nitrogens is 1. The lowest BCUT2D eigenvalue weighted by Gasteiger charge is -2.32. The summed E-state index contributed by atoms with van der Waals surface area (Å²) < 4.78 is 0. The minimum Gasteiger partial charge on any atom is -0.371 e. The number of pyridine rings is 1. The van der Waals surface area contributed by atoms with Crippen molar-refractivity contribution < 1.29 is 4.79 Å². The second-order valence-corrected chi connectivity index (χ2v) is 5.07. The first kappa shape index (κ1) is 12.0. The van der Waals surface area contributed by atoms with E-state index in [2.05, 4.69) is 28.1 Å². The highest BCUT2D eigenvalue weighted by Gasteiger charge is 2.23. The molecule has 4 heteroatoms. The van der Waals surface area contributed by atoms with Crippen LogP contribution in [0.15, 0.2) is 36.7 Å². The van der Waals surface area contributed by atoms with Crippen LogP contribution >= 0.6 is 0 Å². The summed E-state index contributed by atoms with van der Waals surface area (Å²) in [5.41, 5.74) is 6.56. The van der Waals surface area contributed by atoms with Crippen molar-refractivity contribution in [2.45, 2.75) is 12.8 Å². The van der Waals surface area contributed by atoms with Crippen LogP contribution in [-0.4, -0.2) is 24.0 Å². The molecule has 0 radical (unpaired) electrons. The monoisotopic (exact) mass is 255 g/mol. The zero-order valence-electron chi connectivity index (χ0n) is 10.7. The minimum absolute atomic E-state index is 0.0402. The summed E-state index contributed by atoms with van der Waals surface area (Å²) in [6.07, 6.45) is 5.39. The number of nitrogens with two attached hydrogens (primary N) is 1. The van der Waals surface area contributed by atoms with E-state index in [0.717, 1.165) is 31.3 Å². The Morgan fingerprint density at radius 1 is 1.21 bits per heavy atom. The molecule has 0 bridgehead atoms. The second-order valence-electron chi connectivity index (χ2n) is 5.07. The topological polar surface area (TPSA) is 59.2 Å². The van der Waals surface area contributed by atoms with E-state index in [9.17, 15) is 4.79 Å². The van der Waals surface area contributed by atoms with Crippen LogP contribution in [0.3, 0.4) is 0 Å². The first-order valence-corrected chi connectivity index (χ1v) is 6.62. The third kappa shape index (κ3) is 2.38. The molecule has 0 aliphatic carbocycles. The van der Waals surface area contributed by atoms with Gasteiger partial charge in [-0.1, -0.05) is 6.07 Å². The number of hydrogen-bond acceptors (Lipinski definition) is 3. The van der Waals surface area contributed by atoms with Crippen molar-refractivity contribution in [1.82, 2.24) is 4.98 Å². The Labute approximate surface area is 112 Å². The van der Waals surface area contributed by atoms with E-state index in [1.165, 1.54) is 11.1 Å². The molecule has 0 unspecified atom stereocenters. The van der Waals surface area contributed by atoms with Gasteiger partial charge in [-0.05, 0) is 36.4 Å². The predicted molar refractivity (Wildman–Crippen MR) is 75.9 cm³/mol. The smallest absolute Gasteiger partial charge is 0.220 e. The Bertz CT molecular complexity index is 603. The summed E-state index contributed by atoms with van der Waals surface area (Å²) in [5.74, 6) is -0.124. The molecule has 3 rings (SSSR count). The maximum absolute atomic E-state index is 11.2. The fourth-order valence-corrected chi connectivity index (χ4v) is 2.69. The molecule has 0 saturated carbocycles. The standard InChI is InChI=1S/C15H17N3O/c16-15(19)12-4-7-18(8-5-12)14-2-1-11-3-6-17-10-13(11)9-14/h1-3,6,9-10,12H,4-5,7-8H2,(H2,16,19). The zero-order valence-corrected chi connectivity index (χ0v) is 10.7. The van der Waals surface area contributed by atoms with E-state index in [4.69, 9.17) is 5.73 Å². The largest absolute Gasteiger partial charge is 0.371 e. The number of benzene rings is 1. The van der Waals surface area contributed by atoms with Crippen LogP contribution in [0.4, 0.5) is 5.69 Å². The van der Waals surface area contributed by atoms with E-state index < -0.39 is 0 Å². The van der Waals surface area contributed by atoms with Crippen LogP contribution < -0.4 is 10.6 Å². The lowest BCUT2D eigenvalue weighted by molar-refractivity contribution is -0.122. The Hall–Kier alpha value is -2.10. The zero-order chi connectivity index (χ0) is 13.2. The Kier molecular flexibility index (Phi) is 3.07. The lowest BCUT2D eigenvalue weighted by Crippen LogP contribution is -2.38. The molecule has 2 N–H and O–H groups in total. The number of piperidine rings is 1. The van der Waals surface area contributed by atoms with Crippen LogP contribution in [0.25, 0.3) is 10.8 Å². The third-order valence-electron chi connectivity index (χ3n) is 3.89. The number of amides is 1. The third-order valence-corrected chi connectivity index (χ3v) is 3.89. The quantitative estimate of drug-likeness (QED) is 0.892. The number of hydrogen-bond donors (Lipinski definition) is 1. The van der Waals surface area contributed by atoms with Gasteiger partial charge in [0.25, 0.3) is 0 Å². The summed E-state index contributed by atoms with van der Waals surface area (Å²) in [7, 11) is 0. The molecule has 2 aromatic rings. The van der Waals surface area contributed by atoms with Gasteiger partial charge in [0.1, 0.15) is 0 Å². The van der Waals surface area contributed by atoms with Gasteiger partial charge in [-0.3, -0.25) is 9.78 Å². The van der Waals surface area contributed by atoms with E-state index in [0.29, 0.717) is 0 Å². The number of fused-ring (bicyclic) bond motifs is 1. The summed E-state index contributed by atoms with van der Waals surface area (Å²) in [6.45, 7) is 1.78. The van der Waals surface area contributed by atoms with Gasteiger partial charge in [-0.15, -0.1) is 0 Å². The van der Waals surface area contributed by atoms with E-state index in [1.807, 2.05) is 12.3 Å². The van der Waals surface area contributed by atoms with Crippen LogP contribution in [-0.2, 0) is 4.79 Å². The van der Waals surface area contributed by atoms with Crippen LogP contribution in [0.5, 0.6) is 0 Å². The van der Waals surface area contributed by atoms with Crippen LogP contribution in [0.1, 0.15) is 12.8 Å². The molecule has 1 aliphatic heterocycles. The molecular formula is C15H17N3O. The van der Waals surface area contributed by atoms with Crippen molar-refractivity contribution in [2.75, 3.05) is 18.0 Å². The van der Waals surface area contributed by atoms with Gasteiger partial charge in [-0.2, -0.15) is 0 Å². The SMILES string of the molecule is NC(=O)C1CCN(c2ccc3ccncc3c2)CC1. The predicted octanol–water partition coefficient (Wildman–Crippen LogP) is 1.94. The number of nitrogens with zero attached hydrogens (tertiary/aromatic N) is 2. The van der Waals surface area contributed by atoms with Crippen molar-refractivity contribution >= 4 is 22.4 Å². The molecule has 2 heterocycles. The average molecular weight is 255 g/mol. The molecule has 1 amide bonds. The van der Waals surface area contributed by atoms with E-state index in [1.54, 1.807) is 6.20 Å². The van der Waals surface area contributed by atoms with Crippen molar-refractivity contribution in [3.05, 3.63) is 36.7 Å². The van der Waals surface area contributed by atoms with Crippen molar-refractivity contribution in [2.24, 2.45) is 11.7 Å². The Morgan fingerprint density at radius 2 is 2.00 bits per heavy atom. The van der Waals surface area contributed by atoms with Gasteiger partial charge in [0.15, 0.2) is 0 Å². The molecular weight excluding hydrogens is 238 g/mol. The lowest BCUT2D eigenvalue weighted by atomic mass is 9.96. The fraction of sp³-hybridized carbons (Fsp3) is 0.333. The summed E-state index contributed by atoms with van der Waals surface area (Å²) in [4.78, 5) is 17.6. The van der Waals surface area contributed by atoms with Gasteiger partial charge in [-0.25, -0.2) is 0 Å². The maximum atomic E-state index is 11.2. The molecule has 1 aliphatic rings. The number of carbonyl (C=O) groups excluding carboxylic acids is 1. The van der Waals surface area contributed by atoms with Gasteiger partial charge < -0.3 is 10.6 Å². The average Bonchev–Trinajstić information content (AvgIpc) is 2.47. The fourth-order valence-electron chi connectivity index (χ4n) is 2.69. The van der Waals surface area contributed by atoms with Gasteiger partial charge in [0, 0.05) is 42.5 Å². The molecule has 19 heavy (non-hydrogen) atoms. The number of anilines is 1. The normalized spacial score (nSPS) is 16.7. The molecule has 1 fully saturated rings. The van der Waals surface area contributed by atoms with Gasteiger partial charge in [0.05, 0.1) is 0 Å². The molecule has 98 valence electrons. The van der Waals surface area contributed by atoms with Crippen molar-refractivity contribution in [3.8, 4) is 0 Å². The summed E-state index contributed by atoms with van der Waals surface area (Å²) in [5, 5.41) is 2.35. The minimum atomic E-state index is -0.164.